The quantitative estimate of drug-likeness (QED) is 0.531. The molecule has 1 aliphatic rings. The highest BCUT2D eigenvalue weighted by Crippen LogP contribution is 2.22. The summed E-state index contributed by atoms with van der Waals surface area (Å²) >= 11 is 0. The molecule has 0 saturated heterocycles. The summed E-state index contributed by atoms with van der Waals surface area (Å²) < 4.78 is 32.3. The fraction of sp³-hybridized carbons (Fsp3) is 1.00. The molecule has 14 heavy (non-hydrogen) atoms. The molecular weight excluding hydrogens is 206 g/mol. The monoisotopic (exact) mass is 223 g/mol. The third-order valence-electron chi connectivity index (χ3n) is 2.31. The van der Waals surface area contributed by atoms with Gasteiger partial charge in [0.25, 0.3) is 10.2 Å². The molecule has 0 aliphatic heterocycles. The number of nitrogens with one attached hydrogen (secondary N) is 2. The van der Waals surface area contributed by atoms with Crippen molar-refractivity contribution in [2.24, 2.45) is 5.73 Å². The Morgan fingerprint density at radius 3 is 2.64 bits per heavy atom. The van der Waals surface area contributed by atoms with E-state index in [-0.39, 0.29) is 18.2 Å². The molecule has 7 heteroatoms. The van der Waals surface area contributed by atoms with Gasteiger partial charge in [0.1, 0.15) is 0 Å². The fourth-order valence-electron chi connectivity index (χ4n) is 1.43. The third kappa shape index (κ3) is 2.64. The predicted octanol–water partition coefficient (Wildman–Crippen LogP) is -1.46. The average molecular weight is 223 g/mol. The van der Waals surface area contributed by atoms with E-state index < -0.39 is 10.2 Å². The first kappa shape index (κ1) is 11.9. The molecule has 0 bridgehead atoms. The topological polar surface area (TPSA) is 93.4 Å². The van der Waals surface area contributed by atoms with Crippen LogP contribution in [0.5, 0.6) is 0 Å². The molecule has 3 atom stereocenters. The molecule has 0 heterocycles. The molecule has 0 aromatic heterocycles. The first-order valence-corrected chi connectivity index (χ1v) is 6.06. The molecule has 0 aromatic carbocycles. The van der Waals surface area contributed by atoms with Crippen LogP contribution in [0.15, 0.2) is 0 Å². The fourth-order valence-corrected chi connectivity index (χ4v) is 2.23. The lowest BCUT2D eigenvalue weighted by Gasteiger charge is -2.41. The normalized spacial score (nSPS) is 32.6. The Labute approximate surface area is 84.4 Å². The average Bonchev–Trinajstić information content (AvgIpc) is 2.15. The maximum Gasteiger partial charge on any atom is 0.277 e. The van der Waals surface area contributed by atoms with Crippen LogP contribution >= 0.6 is 0 Å². The lowest BCUT2D eigenvalue weighted by Crippen LogP contribution is -2.65. The zero-order valence-corrected chi connectivity index (χ0v) is 9.17. The Bertz CT molecular complexity index is 278. The summed E-state index contributed by atoms with van der Waals surface area (Å²) in [4.78, 5) is 0. The Morgan fingerprint density at radius 2 is 2.21 bits per heavy atom. The summed E-state index contributed by atoms with van der Waals surface area (Å²) in [5.41, 5.74) is 5.67. The van der Waals surface area contributed by atoms with Crippen LogP contribution in [-0.4, -0.2) is 40.3 Å². The van der Waals surface area contributed by atoms with E-state index in [1.165, 1.54) is 7.05 Å². The Kier molecular flexibility index (Phi) is 3.85. The van der Waals surface area contributed by atoms with Crippen LogP contribution in [0, 0.1) is 0 Å². The largest absolute Gasteiger partial charge is 0.377 e. The first-order chi connectivity index (χ1) is 6.50. The molecule has 3 unspecified atom stereocenters. The number of nitrogens with two attached hydrogens (primary N) is 1. The molecule has 1 aliphatic carbocycles. The summed E-state index contributed by atoms with van der Waals surface area (Å²) in [6, 6.07) is -0.470. The van der Waals surface area contributed by atoms with Crippen molar-refractivity contribution in [3.63, 3.8) is 0 Å². The van der Waals surface area contributed by atoms with Gasteiger partial charge in [-0.25, -0.2) is 4.72 Å². The van der Waals surface area contributed by atoms with Crippen LogP contribution in [0.4, 0.5) is 0 Å². The Hall–Kier alpha value is -0.210. The van der Waals surface area contributed by atoms with Gasteiger partial charge in [-0.05, 0) is 13.3 Å². The van der Waals surface area contributed by atoms with E-state index in [2.05, 4.69) is 9.44 Å². The molecule has 4 N–H and O–H groups in total. The molecular formula is C7H17N3O3S. The van der Waals surface area contributed by atoms with E-state index in [1.807, 2.05) is 6.92 Å². The van der Waals surface area contributed by atoms with Crippen molar-refractivity contribution in [1.29, 1.82) is 0 Å². The zero-order valence-electron chi connectivity index (χ0n) is 8.36. The Morgan fingerprint density at radius 1 is 1.57 bits per heavy atom. The van der Waals surface area contributed by atoms with Crippen LogP contribution in [0.3, 0.4) is 0 Å². The van der Waals surface area contributed by atoms with Gasteiger partial charge in [-0.2, -0.15) is 13.1 Å². The van der Waals surface area contributed by atoms with Gasteiger partial charge in [0.15, 0.2) is 0 Å². The summed E-state index contributed by atoms with van der Waals surface area (Å²) in [7, 11) is -2.07. The molecule has 0 aromatic rings. The summed E-state index contributed by atoms with van der Waals surface area (Å²) in [6.45, 7) is 2.43. The van der Waals surface area contributed by atoms with E-state index in [0.29, 0.717) is 13.0 Å². The van der Waals surface area contributed by atoms with E-state index in [0.717, 1.165) is 0 Å². The molecule has 6 nitrogen and oxygen atoms in total. The van der Waals surface area contributed by atoms with E-state index >= 15 is 0 Å². The van der Waals surface area contributed by atoms with Crippen molar-refractivity contribution in [3.05, 3.63) is 0 Å². The van der Waals surface area contributed by atoms with Crippen LogP contribution < -0.4 is 15.2 Å². The molecule has 1 fully saturated rings. The van der Waals surface area contributed by atoms with Crippen LogP contribution in [-0.2, 0) is 14.9 Å². The van der Waals surface area contributed by atoms with Gasteiger partial charge < -0.3 is 10.5 Å². The van der Waals surface area contributed by atoms with Crippen molar-refractivity contribution in [1.82, 2.24) is 9.44 Å². The lowest BCUT2D eigenvalue weighted by atomic mass is 9.84. The second-order valence-corrected chi connectivity index (χ2v) is 4.90. The maximum absolute atomic E-state index is 11.2. The van der Waals surface area contributed by atoms with Gasteiger partial charge in [-0.3, -0.25) is 0 Å². The second kappa shape index (κ2) is 4.54. The minimum atomic E-state index is -3.42. The highest BCUT2D eigenvalue weighted by molar-refractivity contribution is 7.87. The van der Waals surface area contributed by atoms with Gasteiger partial charge >= 0.3 is 0 Å². The van der Waals surface area contributed by atoms with Crippen molar-refractivity contribution in [2.75, 3.05) is 13.7 Å². The smallest absolute Gasteiger partial charge is 0.277 e. The number of hydrogen-bond donors (Lipinski definition) is 3. The van der Waals surface area contributed by atoms with Gasteiger partial charge in [0.2, 0.25) is 0 Å². The van der Waals surface area contributed by atoms with Crippen LogP contribution in [0.1, 0.15) is 13.3 Å². The standard InChI is InChI=1S/C7H17N3O3S/c1-3-13-6-4-5(8)7(6)10-14(11,12)9-2/h5-7,9-10H,3-4,8H2,1-2H3. The summed E-state index contributed by atoms with van der Waals surface area (Å²) in [5.74, 6) is 0. The van der Waals surface area contributed by atoms with Gasteiger partial charge in [-0.1, -0.05) is 0 Å². The van der Waals surface area contributed by atoms with E-state index in [1.54, 1.807) is 0 Å². The van der Waals surface area contributed by atoms with Crippen LogP contribution in [0.25, 0.3) is 0 Å². The summed E-state index contributed by atoms with van der Waals surface area (Å²) in [5, 5.41) is 0. The van der Waals surface area contributed by atoms with E-state index in [4.69, 9.17) is 10.5 Å². The van der Waals surface area contributed by atoms with Gasteiger partial charge in [0, 0.05) is 19.7 Å². The molecule has 1 saturated carbocycles. The molecule has 0 amide bonds. The van der Waals surface area contributed by atoms with Crippen molar-refractivity contribution >= 4 is 10.2 Å². The third-order valence-corrected chi connectivity index (χ3v) is 3.43. The first-order valence-electron chi connectivity index (χ1n) is 4.58. The highest BCUT2D eigenvalue weighted by Gasteiger charge is 2.41. The SMILES string of the molecule is CCOC1CC(N)C1NS(=O)(=O)NC. The minimum absolute atomic E-state index is 0.0990. The molecule has 84 valence electrons. The maximum atomic E-state index is 11.2. The van der Waals surface area contributed by atoms with Gasteiger partial charge in [-0.15, -0.1) is 0 Å². The predicted molar refractivity (Wildman–Crippen MR) is 52.9 cm³/mol. The van der Waals surface area contributed by atoms with Crippen molar-refractivity contribution < 1.29 is 13.2 Å². The van der Waals surface area contributed by atoms with Crippen molar-refractivity contribution in [3.8, 4) is 0 Å². The lowest BCUT2D eigenvalue weighted by molar-refractivity contribution is -0.0249. The molecule has 0 spiro atoms. The number of rotatable bonds is 5. The van der Waals surface area contributed by atoms with E-state index in [9.17, 15) is 8.42 Å². The molecule has 0 radical (unpaired) electrons. The number of hydrogen-bond acceptors (Lipinski definition) is 4. The van der Waals surface area contributed by atoms with Crippen molar-refractivity contribution in [2.45, 2.75) is 31.5 Å². The van der Waals surface area contributed by atoms with Gasteiger partial charge in [0.05, 0.1) is 12.1 Å². The minimum Gasteiger partial charge on any atom is -0.377 e. The number of ether oxygens (including phenoxy) is 1. The summed E-state index contributed by atoms with van der Waals surface area (Å²) in [6.07, 6.45) is 0.600. The zero-order chi connectivity index (χ0) is 10.8. The second-order valence-electron chi connectivity index (χ2n) is 3.24. The highest BCUT2D eigenvalue weighted by atomic mass is 32.2. The Balaban J connectivity index is 2.50. The molecule has 1 rings (SSSR count). The van der Waals surface area contributed by atoms with Crippen LogP contribution in [0.2, 0.25) is 0 Å².